The second kappa shape index (κ2) is 29.0. The number of carbonyl (C=O) groups excluding carboxylic acids is 6. The topological polar surface area (TPSA) is 173 Å². The van der Waals surface area contributed by atoms with Gasteiger partial charge in [-0.3, -0.25) is 33.8 Å². The molecule has 2 N–H and O–H groups in total. The molecule has 0 bridgehead atoms. The third-order valence-corrected chi connectivity index (χ3v) is 28.8. The fraction of sp³-hybridized carbons (Fsp3) is 0.368. The average molecular weight is 1230 g/mol. The zero-order chi connectivity index (χ0) is 53.4. The Morgan fingerprint density at radius 1 is 0.600 bits per heavy atom. The molecule has 0 unspecified atom stereocenters. The van der Waals surface area contributed by atoms with Crippen molar-refractivity contribution < 1.29 is 28.8 Å². The molecular weight excluding hydrogens is 1160 g/mol. The van der Waals surface area contributed by atoms with Gasteiger partial charge in [0.05, 0.1) is 37.9 Å². The molecule has 0 aliphatic carbocycles. The third-order valence-electron chi connectivity index (χ3n) is 13.6. The van der Waals surface area contributed by atoms with Crippen LogP contribution in [0.5, 0.6) is 0 Å². The molecule has 0 atom stereocenters. The number of amides is 4. The summed E-state index contributed by atoms with van der Waals surface area (Å²) in [5.74, 6) is -2.67. The van der Waals surface area contributed by atoms with E-state index in [1.165, 1.54) is 73.1 Å². The molecule has 14 nitrogen and oxygen atoms in total. The molecule has 4 aromatic heterocycles. The molecule has 0 spiro atoms. The largest absolute Gasteiger partial charge is 0.358 e. The van der Waals surface area contributed by atoms with E-state index in [1.54, 1.807) is 53.5 Å². The number of halogens is 3. The van der Waals surface area contributed by atoms with E-state index < -0.39 is 41.8 Å². The normalized spacial score (nSPS) is 13.5. The number of Topliss-reactive ketones (excluding diaryl/α,β-unsaturated/α-hetero) is 2. The van der Waals surface area contributed by atoms with Gasteiger partial charge in [-0.2, -0.15) is 0 Å². The van der Waals surface area contributed by atoms with Gasteiger partial charge in [0.15, 0.2) is 0 Å². The van der Waals surface area contributed by atoms with Crippen molar-refractivity contribution in [2.75, 3.05) is 52.4 Å². The molecule has 2 aliphatic heterocycles. The van der Waals surface area contributed by atoms with Crippen molar-refractivity contribution in [2.24, 2.45) is 0 Å². The average Bonchev–Trinajstić information content (AvgIpc) is 4.12. The van der Waals surface area contributed by atoms with Crippen molar-refractivity contribution in [2.45, 2.75) is 80.0 Å². The van der Waals surface area contributed by atoms with Crippen LogP contribution in [0.15, 0.2) is 107 Å². The van der Waals surface area contributed by atoms with Gasteiger partial charge in [-0.25, -0.2) is 4.98 Å². The van der Waals surface area contributed by atoms with Crippen LogP contribution >= 0.6 is 39.1 Å². The number of ketones is 2. The van der Waals surface area contributed by atoms with Gasteiger partial charge < -0.3 is 29.6 Å². The Bertz CT molecular complexity index is 2930. The van der Waals surface area contributed by atoms with Crippen molar-refractivity contribution in [3.63, 3.8) is 0 Å². The number of unbranched alkanes of at least 4 members (excludes halogenated alkanes) is 3. The molecule has 0 saturated carbocycles. The third kappa shape index (κ3) is 14.9. The number of rotatable bonds is 17. The maximum absolute atomic E-state index is 12.9. The fourth-order valence-electron chi connectivity index (χ4n) is 9.26. The number of hydrogen-bond donors (Lipinski definition) is 2. The zero-order valence-corrected chi connectivity index (χ0v) is 48.4. The first-order chi connectivity index (χ1) is 35.7. The van der Waals surface area contributed by atoms with E-state index in [2.05, 4.69) is 73.9 Å². The molecule has 4 amide bonds. The molecule has 2 aliphatic rings. The minimum Gasteiger partial charge on any atom is -0.358 e. The summed E-state index contributed by atoms with van der Waals surface area (Å²) in [4.78, 5) is 96.9. The number of hydrogen-bond acceptors (Lipinski definition) is 8. The van der Waals surface area contributed by atoms with Crippen LogP contribution in [0, 0.1) is 0 Å². The van der Waals surface area contributed by atoms with Crippen LogP contribution in [0.1, 0.15) is 114 Å². The number of fused-ring (bicyclic) bond motifs is 2. The molecule has 8 rings (SSSR count). The molecule has 2 fully saturated rings. The van der Waals surface area contributed by atoms with Gasteiger partial charge in [-0.05, 0) is 46.3 Å². The van der Waals surface area contributed by atoms with Gasteiger partial charge in [0.25, 0.3) is 35.2 Å². The van der Waals surface area contributed by atoms with Crippen molar-refractivity contribution in [3.8, 4) is 0 Å². The Labute approximate surface area is 463 Å². The number of carbonyl (C=O) groups is 6. The maximum Gasteiger partial charge on any atom is 0.295 e. The molecule has 6 aromatic rings. The van der Waals surface area contributed by atoms with E-state index in [1.807, 2.05) is 36.4 Å². The van der Waals surface area contributed by atoms with Crippen molar-refractivity contribution >= 4 is 121 Å². The van der Waals surface area contributed by atoms with E-state index in [9.17, 15) is 28.8 Å². The predicted octanol–water partition coefficient (Wildman–Crippen LogP) is 12.4. The molecule has 75 heavy (non-hydrogen) atoms. The molecule has 2 saturated heterocycles. The number of aromatic nitrogens is 4. The zero-order valence-electron chi connectivity index (χ0n) is 42.4. The van der Waals surface area contributed by atoms with E-state index in [0.29, 0.717) is 101 Å². The van der Waals surface area contributed by atoms with Gasteiger partial charge >= 0.3 is 102 Å². The number of pyridine rings is 2. The van der Waals surface area contributed by atoms with Crippen LogP contribution in [0.2, 0.25) is 23.4 Å². The van der Waals surface area contributed by atoms with Crippen LogP contribution in [0.4, 0.5) is 0 Å². The Morgan fingerprint density at radius 2 is 0.973 bits per heavy atom. The summed E-state index contributed by atoms with van der Waals surface area (Å²) in [6, 6.07) is 18.0. The molecule has 398 valence electrons. The first-order valence-electron chi connectivity index (χ1n) is 25.3. The molecule has 18 heteroatoms. The van der Waals surface area contributed by atoms with Gasteiger partial charge in [-0.15, -0.1) is 0 Å². The van der Waals surface area contributed by atoms with Crippen LogP contribution in [-0.4, -0.2) is 145 Å². The van der Waals surface area contributed by atoms with Gasteiger partial charge in [0.1, 0.15) is 4.60 Å². The summed E-state index contributed by atoms with van der Waals surface area (Å²) in [6.45, 7) is 17.5. The van der Waals surface area contributed by atoms with Crippen molar-refractivity contribution in [1.29, 1.82) is 0 Å². The monoisotopic (exact) mass is 1230 g/mol. The number of nitrogens with one attached hydrogen (secondary N) is 2. The molecular formula is C57H69BrCl2N8O6Sn. The van der Waals surface area contributed by atoms with E-state index in [0.717, 1.165) is 0 Å². The Hall–Kier alpha value is -5.62. The summed E-state index contributed by atoms with van der Waals surface area (Å²) in [5, 5.41) is 1.49. The quantitative estimate of drug-likeness (QED) is 0.0393. The first-order valence-corrected chi connectivity index (χ1v) is 34.6. The Morgan fingerprint density at radius 3 is 1.36 bits per heavy atom. The second-order valence-electron chi connectivity index (χ2n) is 18.4. The van der Waals surface area contributed by atoms with Crippen LogP contribution in [0.3, 0.4) is 0 Å². The van der Waals surface area contributed by atoms with Crippen molar-refractivity contribution in [1.82, 2.24) is 39.5 Å². The minimum absolute atomic E-state index is 0. The van der Waals surface area contributed by atoms with Crippen LogP contribution in [0.25, 0.3) is 27.9 Å². The molecule has 0 radical (unpaired) electrons. The molecule has 6 heterocycles. The van der Waals surface area contributed by atoms with Crippen LogP contribution < -0.4 is 0 Å². The van der Waals surface area contributed by atoms with E-state index >= 15 is 0 Å². The number of nitrogens with zero attached hydrogens (tertiary/aromatic N) is 6. The summed E-state index contributed by atoms with van der Waals surface area (Å²) in [7, 11) is 0. The SMILES string of the molecule is C.C=Cc1ncc(Cl)c2c(C(=O)C(=O)N3CCN(C(=O)c4ccccc4)CC3)c[nH]c12.C=[CH][Sn]([CH2]CCC)([CH2]CCC)[CH2]CCC.O=C(C(=O)N1CCN(C(=O)c2ccccc2)CC1)c1c[nH]c2c(Br)ncc(Cl)c12. The Balaban J connectivity index is 0.000000219. The van der Waals surface area contributed by atoms with Crippen molar-refractivity contribution in [3.05, 3.63) is 145 Å². The minimum atomic E-state index is -1.85. The standard InChI is InChI=1S/C22H19ClN4O3.C20H16BrClN4O3.3C4H9.C2H3.CH4.Sn/c1-2-17-19-18(16(23)13-24-17)15(12-25-19)20(28)22(30)27-10-8-26(9-11-27)21(29)14-6-4-3-5-7-14;21-18-16-15(14(22)11-24-18)13(10-23-16)17(27)20(29)26-8-6-25(7-9-26)19(28)12-4-2-1-3-5-12;3*1-3-4-2;1-2;;/h2-7,12-13,25H,1,8-11H2;1-5,10-11,23H,6-9H2;3*1,3-4H2,2H3;1H,2H2;1H4;. The number of piperazine rings is 2. The van der Waals surface area contributed by atoms with E-state index in [4.69, 9.17) is 23.2 Å². The van der Waals surface area contributed by atoms with Crippen LogP contribution in [-0.2, 0) is 9.59 Å². The second-order valence-corrected chi connectivity index (χ2v) is 33.2. The first kappa shape index (κ1) is 60.2. The number of benzene rings is 2. The van der Waals surface area contributed by atoms with E-state index in [-0.39, 0.29) is 35.4 Å². The maximum atomic E-state index is 12.9. The smallest absolute Gasteiger partial charge is 0.295 e. The number of H-pyrrole nitrogens is 2. The summed E-state index contributed by atoms with van der Waals surface area (Å²) in [5.41, 5.74) is 3.30. The summed E-state index contributed by atoms with van der Waals surface area (Å²) < 4.78 is 7.67. The summed E-state index contributed by atoms with van der Waals surface area (Å²) >= 11 is 13.9. The van der Waals surface area contributed by atoms with Gasteiger partial charge in [-0.1, -0.05) is 73.6 Å². The fourth-order valence-corrected chi connectivity index (χ4v) is 23.1. The van der Waals surface area contributed by atoms with Gasteiger partial charge in [0.2, 0.25) is 0 Å². The predicted molar refractivity (Wildman–Crippen MR) is 308 cm³/mol. The Kier molecular flexibility index (Phi) is 23.3. The molecule has 2 aromatic carbocycles. The van der Waals surface area contributed by atoms with Gasteiger partial charge in [0, 0.05) is 99.0 Å². The summed E-state index contributed by atoms with van der Waals surface area (Å²) in [6.07, 6.45) is 15.8. The number of aromatic amines is 2.